The Morgan fingerprint density at radius 2 is 2.15 bits per heavy atom. The van der Waals surface area contributed by atoms with Gasteiger partial charge in [0.2, 0.25) is 5.28 Å². The van der Waals surface area contributed by atoms with E-state index in [4.69, 9.17) is 16.3 Å². The molecule has 4 fully saturated rings. The molecule has 2 aromatic heterocycles. The van der Waals surface area contributed by atoms with Crippen LogP contribution in [0.2, 0.25) is 5.28 Å². The van der Waals surface area contributed by atoms with E-state index in [0.29, 0.717) is 36.1 Å². The number of hydrogen-bond donors (Lipinski definition) is 1. The van der Waals surface area contributed by atoms with Crippen molar-refractivity contribution in [2.75, 3.05) is 11.9 Å². The largest absolute Gasteiger partial charge is 0.466 e. The number of ether oxygens (including phenoxy) is 1. The molecular formula is C18H20ClFN4O2. The molecule has 0 aromatic carbocycles. The zero-order chi connectivity index (χ0) is 18.0. The van der Waals surface area contributed by atoms with Crippen LogP contribution in [0.3, 0.4) is 0 Å². The molecule has 4 aliphatic carbocycles. The third-order valence-corrected chi connectivity index (χ3v) is 6.59. The van der Waals surface area contributed by atoms with Crippen molar-refractivity contribution in [1.82, 2.24) is 14.6 Å². The zero-order valence-electron chi connectivity index (χ0n) is 14.4. The molecule has 138 valence electrons. The van der Waals surface area contributed by atoms with Gasteiger partial charge in [-0.05, 0) is 67.5 Å². The fraction of sp³-hybridized carbons (Fsp3) is 0.611. The number of nitrogens with zero attached hydrogens (tertiary/aromatic N) is 3. The number of fused-ring (bicyclic) bond motifs is 3. The van der Waals surface area contributed by atoms with Crippen LogP contribution in [0.15, 0.2) is 12.3 Å². The van der Waals surface area contributed by atoms with Crippen molar-refractivity contribution in [2.24, 2.45) is 29.6 Å². The molecule has 2 bridgehead atoms. The molecule has 2 aromatic rings. The second kappa shape index (κ2) is 5.81. The molecule has 6 atom stereocenters. The van der Waals surface area contributed by atoms with Crippen molar-refractivity contribution in [2.45, 2.75) is 32.2 Å². The molecule has 0 amide bonds. The van der Waals surface area contributed by atoms with Gasteiger partial charge in [-0.3, -0.25) is 4.79 Å². The third kappa shape index (κ3) is 2.32. The molecular weight excluding hydrogens is 359 g/mol. The number of carbonyl (C=O) groups is 1. The molecule has 0 radical (unpaired) electrons. The van der Waals surface area contributed by atoms with E-state index < -0.39 is 5.82 Å². The van der Waals surface area contributed by atoms with E-state index in [-0.39, 0.29) is 28.7 Å². The highest BCUT2D eigenvalue weighted by Crippen LogP contribution is 2.64. The van der Waals surface area contributed by atoms with E-state index in [2.05, 4.69) is 15.4 Å². The van der Waals surface area contributed by atoms with Crippen molar-refractivity contribution in [3.8, 4) is 0 Å². The molecule has 6 rings (SSSR count). The molecule has 0 saturated heterocycles. The molecule has 2 heterocycles. The van der Waals surface area contributed by atoms with E-state index in [1.807, 2.05) is 6.92 Å². The smallest absolute Gasteiger partial charge is 0.311 e. The summed E-state index contributed by atoms with van der Waals surface area (Å²) < 4.78 is 21.0. The molecule has 6 nitrogen and oxygen atoms in total. The lowest BCUT2D eigenvalue weighted by molar-refractivity contribution is -0.155. The summed E-state index contributed by atoms with van der Waals surface area (Å²) in [7, 11) is 0. The molecule has 0 spiro atoms. The Kier molecular flexibility index (Phi) is 3.64. The van der Waals surface area contributed by atoms with Gasteiger partial charge in [0, 0.05) is 12.2 Å². The second-order valence-corrected chi connectivity index (χ2v) is 7.94. The monoisotopic (exact) mass is 378 g/mol. The van der Waals surface area contributed by atoms with Gasteiger partial charge < -0.3 is 10.1 Å². The standard InChI is InChI=1S/C18H20ClFN4O2/c1-2-26-17(25)13-8-3-4-9(11-7-10(8)11)14(13)21-16-15-12(20)5-6-24(15)23-18(19)22-16/h5-6,8-11,13-14H,2-4,7H2,1H3,(H,21,22,23)/t8-,9+,10-,11+,13-,14-/m0/s1. The summed E-state index contributed by atoms with van der Waals surface area (Å²) in [5.74, 6) is 1.57. The Balaban J connectivity index is 1.54. The third-order valence-electron chi connectivity index (χ3n) is 6.43. The van der Waals surface area contributed by atoms with E-state index in [1.165, 1.54) is 23.2 Å². The molecule has 4 saturated carbocycles. The molecule has 26 heavy (non-hydrogen) atoms. The van der Waals surface area contributed by atoms with Crippen LogP contribution in [0.1, 0.15) is 26.2 Å². The van der Waals surface area contributed by atoms with Crippen LogP contribution in [0, 0.1) is 35.4 Å². The van der Waals surface area contributed by atoms with Crippen LogP contribution < -0.4 is 5.32 Å². The Morgan fingerprint density at radius 3 is 2.96 bits per heavy atom. The van der Waals surface area contributed by atoms with Crippen LogP contribution >= 0.6 is 11.6 Å². The molecule has 8 heteroatoms. The van der Waals surface area contributed by atoms with Gasteiger partial charge in [-0.1, -0.05) is 0 Å². The fourth-order valence-electron chi connectivity index (χ4n) is 5.43. The first kappa shape index (κ1) is 16.3. The van der Waals surface area contributed by atoms with Crippen molar-refractivity contribution < 1.29 is 13.9 Å². The maximum absolute atomic E-state index is 14.3. The Labute approximate surface area is 155 Å². The highest BCUT2D eigenvalue weighted by molar-refractivity contribution is 6.28. The van der Waals surface area contributed by atoms with E-state index >= 15 is 0 Å². The van der Waals surface area contributed by atoms with Gasteiger partial charge in [-0.2, -0.15) is 4.98 Å². The van der Waals surface area contributed by atoms with Crippen molar-refractivity contribution in [1.29, 1.82) is 0 Å². The Morgan fingerprint density at radius 1 is 1.38 bits per heavy atom. The quantitative estimate of drug-likeness (QED) is 0.828. The number of rotatable bonds is 4. The second-order valence-electron chi connectivity index (χ2n) is 7.60. The van der Waals surface area contributed by atoms with Crippen molar-refractivity contribution >= 4 is 28.9 Å². The normalized spacial score (nSPS) is 34.6. The summed E-state index contributed by atoms with van der Waals surface area (Å²) in [5.41, 5.74) is 0.255. The number of aromatic nitrogens is 3. The van der Waals surface area contributed by atoms with Gasteiger partial charge in [0.05, 0.1) is 12.5 Å². The van der Waals surface area contributed by atoms with E-state index in [0.717, 1.165) is 12.8 Å². The van der Waals surface area contributed by atoms with Gasteiger partial charge >= 0.3 is 5.97 Å². The SMILES string of the molecule is CCOC(=O)[C@H]1[C@H]2CC[C@H]([C@H]3C[C@H]32)[C@@H]1Nc1nc(Cl)nn2ccc(F)c12. The Hall–Kier alpha value is -1.89. The minimum atomic E-state index is -0.415. The summed E-state index contributed by atoms with van der Waals surface area (Å²) in [4.78, 5) is 16.9. The molecule has 0 unspecified atom stereocenters. The minimum Gasteiger partial charge on any atom is -0.466 e. The first-order valence-corrected chi connectivity index (χ1v) is 9.59. The maximum Gasteiger partial charge on any atom is 0.311 e. The first-order chi connectivity index (χ1) is 12.6. The van der Waals surface area contributed by atoms with Gasteiger partial charge in [0.25, 0.3) is 0 Å². The zero-order valence-corrected chi connectivity index (χ0v) is 15.1. The van der Waals surface area contributed by atoms with E-state index in [9.17, 15) is 9.18 Å². The van der Waals surface area contributed by atoms with E-state index in [1.54, 1.807) is 0 Å². The van der Waals surface area contributed by atoms with Crippen LogP contribution in [-0.4, -0.2) is 33.2 Å². The van der Waals surface area contributed by atoms with Gasteiger partial charge in [-0.15, -0.1) is 5.10 Å². The summed E-state index contributed by atoms with van der Waals surface area (Å²) >= 11 is 6.02. The first-order valence-electron chi connectivity index (χ1n) is 9.22. The molecule has 1 N–H and O–H groups in total. The Bertz CT molecular complexity index is 887. The topological polar surface area (TPSA) is 68.5 Å². The average molecular weight is 379 g/mol. The lowest BCUT2D eigenvalue weighted by Gasteiger charge is -2.47. The van der Waals surface area contributed by atoms with Crippen LogP contribution in [0.25, 0.3) is 5.52 Å². The molecule has 0 aliphatic heterocycles. The van der Waals surface area contributed by atoms with Crippen LogP contribution in [0.4, 0.5) is 10.2 Å². The lowest BCUT2D eigenvalue weighted by Crippen LogP contribution is -2.53. The number of anilines is 1. The highest BCUT2D eigenvalue weighted by Gasteiger charge is 2.63. The van der Waals surface area contributed by atoms with Crippen LogP contribution in [0.5, 0.6) is 0 Å². The number of esters is 1. The van der Waals surface area contributed by atoms with Crippen molar-refractivity contribution in [3.05, 3.63) is 23.4 Å². The average Bonchev–Trinajstić information content (AvgIpc) is 3.35. The van der Waals surface area contributed by atoms with Gasteiger partial charge in [-0.25, -0.2) is 8.91 Å². The van der Waals surface area contributed by atoms with Crippen LogP contribution in [-0.2, 0) is 9.53 Å². The molecule has 4 aliphatic rings. The summed E-state index contributed by atoms with van der Waals surface area (Å²) in [6.45, 7) is 2.19. The predicted octanol–water partition coefficient (Wildman–Crippen LogP) is 3.16. The lowest BCUT2D eigenvalue weighted by atomic mass is 9.61. The maximum atomic E-state index is 14.3. The van der Waals surface area contributed by atoms with Gasteiger partial charge in [0.15, 0.2) is 11.6 Å². The number of carbonyl (C=O) groups excluding carboxylic acids is 1. The van der Waals surface area contributed by atoms with Gasteiger partial charge in [0.1, 0.15) is 5.52 Å². The number of hydrogen-bond acceptors (Lipinski definition) is 5. The summed E-state index contributed by atoms with van der Waals surface area (Å²) in [5, 5.41) is 7.41. The summed E-state index contributed by atoms with van der Waals surface area (Å²) in [6.07, 6.45) is 4.84. The fourth-order valence-corrected chi connectivity index (χ4v) is 5.60. The highest BCUT2D eigenvalue weighted by atomic mass is 35.5. The summed E-state index contributed by atoms with van der Waals surface area (Å²) in [6, 6.07) is 1.22. The number of nitrogens with one attached hydrogen (secondary N) is 1. The van der Waals surface area contributed by atoms with Crippen molar-refractivity contribution in [3.63, 3.8) is 0 Å². The predicted molar refractivity (Wildman–Crippen MR) is 93.3 cm³/mol. The number of halogens is 2. The minimum absolute atomic E-state index is 0.0357.